The van der Waals surface area contributed by atoms with Crippen LogP contribution in [0.1, 0.15) is 6.42 Å². The summed E-state index contributed by atoms with van der Waals surface area (Å²) in [5, 5.41) is 15.7. The van der Waals surface area contributed by atoms with Crippen molar-refractivity contribution in [2.75, 3.05) is 62.7 Å². The zero-order chi connectivity index (χ0) is 26.2. The molecule has 0 atom stereocenters. The Kier molecular flexibility index (Phi) is 9.64. The zero-order valence-corrected chi connectivity index (χ0v) is 22.2. The van der Waals surface area contributed by atoms with E-state index in [4.69, 9.17) is 17.3 Å². The number of rotatable bonds is 10. The lowest BCUT2D eigenvalue weighted by atomic mass is 10.1. The lowest BCUT2D eigenvalue weighted by Crippen LogP contribution is -2.45. The molecule has 37 heavy (non-hydrogen) atoms. The molecule has 0 unspecified atom stereocenters. The number of nitrogens with zero attached hydrogens (tertiary/aromatic N) is 5. The largest absolute Gasteiger partial charge is 0.353 e. The number of hydrogen-bond acceptors (Lipinski definition) is 9. The molecule has 1 amide bonds. The molecular weight excluding hydrogens is 515 g/mol. The van der Waals surface area contributed by atoms with Crippen LogP contribution in [0.3, 0.4) is 0 Å². The number of carbonyl (C=O) groups excluding carboxylic acids is 1. The van der Waals surface area contributed by atoms with Gasteiger partial charge in [0, 0.05) is 80.0 Å². The summed E-state index contributed by atoms with van der Waals surface area (Å²) in [5.41, 5.74) is 7.57. The third kappa shape index (κ3) is 7.83. The van der Waals surface area contributed by atoms with Crippen LogP contribution in [-0.2, 0) is 4.79 Å². The van der Waals surface area contributed by atoms with Crippen LogP contribution < -0.4 is 16.4 Å². The lowest BCUT2D eigenvalue weighted by molar-refractivity contribution is -0.116. The van der Waals surface area contributed by atoms with Crippen LogP contribution in [0.15, 0.2) is 47.6 Å². The van der Waals surface area contributed by atoms with Crippen LogP contribution in [0, 0.1) is 5.82 Å². The van der Waals surface area contributed by atoms with Gasteiger partial charge in [-0.1, -0.05) is 11.6 Å². The first-order valence-corrected chi connectivity index (χ1v) is 13.4. The summed E-state index contributed by atoms with van der Waals surface area (Å²) < 4.78 is 14.5. The Morgan fingerprint density at radius 2 is 1.97 bits per heavy atom. The third-order valence-corrected chi connectivity index (χ3v) is 7.13. The lowest BCUT2D eigenvalue weighted by Gasteiger charge is -2.32. The van der Waals surface area contributed by atoms with Gasteiger partial charge in [0.2, 0.25) is 5.91 Å². The molecule has 12 heteroatoms. The van der Waals surface area contributed by atoms with Crippen LogP contribution in [0.25, 0.3) is 11.3 Å². The van der Waals surface area contributed by atoms with Gasteiger partial charge < -0.3 is 26.2 Å². The molecule has 0 bridgehead atoms. The molecule has 1 fully saturated rings. The maximum absolute atomic E-state index is 14.5. The number of anilines is 3. The number of halogens is 2. The van der Waals surface area contributed by atoms with Gasteiger partial charge >= 0.3 is 0 Å². The molecular formula is C25H30ClFN8OS. The fourth-order valence-corrected chi connectivity index (χ4v) is 4.67. The number of pyridine rings is 1. The van der Waals surface area contributed by atoms with Gasteiger partial charge in [-0.25, -0.2) is 9.37 Å². The molecule has 0 saturated carbocycles. The molecule has 1 saturated heterocycles. The predicted molar refractivity (Wildman–Crippen MR) is 147 cm³/mol. The standard InChI is InChI=1S/C25H30ClFN8OS/c1-34-9-11-35(12-10-34)8-5-24(36)31-23-15-18(4-7-29-23)30-22-16-21(32-33-25(22)37-13-6-28)19-14-17(26)2-3-20(19)27/h2-4,7,14-16H,5-6,8-13,28H2,1H3,(H2,29,30,31,32,36). The predicted octanol–water partition coefficient (Wildman–Crippen LogP) is 3.70. The van der Waals surface area contributed by atoms with Gasteiger partial charge in [0.1, 0.15) is 16.7 Å². The van der Waals surface area contributed by atoms with E-state index >= 15 is 0 Å². The van der Waals surface area contributed by atoms with Crippen molar-refractivity contribution in [1.82, 2.24) is 25.0 Å². The summed E-state index contributed by atoms with van der Waals surface area (Å²) in [6.07, 6.45) is 2.00. The number of amides is 1. The van der Waals surface area contributed by atoms with E-state index in [-0.39, 0.29) is 11.5 Å². The molecule has 3 aromatic rings. The monoisotopic (exact) mass is 544 g/mol. The molecule has 4 N–H and O–H groups in total. The molecule has 0 radical (unpaired) electrons. The molecule has 1 aliphatic rings. The quantitative estimate of drug-likeness (QED) is 0.329. The highest BCUT2D eigenvalue weighted by molar-refractivity contribution is 7.99. The first-order valence-electron chi connectivity index (χ1n) is 12.0. The first-order chi connectivity index (χ1) is 17.9. The van der Waals surface area contributed by atoms with E-state index in [9.17, 15) is 9.18 Å². The van der Waals surface area contributed by atoms with Gasteiger partial charge in [-0.2, -0.15) is 0 Å². The Hall–Kier alpha value is -2.83. The maximum Gasteiger partial charge on any atom is 0.226 e. The average molecular weight is 545 g/mol. The second kappa shape index (κ2) is 13.1. The van der Waals surface area contributed by atoms with Crippen molar-refractivity contribution in [3.05, 3.63) is 53.4 Å². The molecule has 4 rings (SSSR count). The second-order valence-corrected chi connectivity index (χ2v) is 10.2. The number of hydrogen-bond donors (Lipinski definition) is 3. The number of benzene rings is 1. The van der Waals surface area contributed by atoms with Gasteiger partial charge in [-0.05, 0) is 37.4 Å². The third-order valence-electron chi connectivity index (χ3n) is 5.88. The Balaban J connectivity index is 1.47. The van der Waals surface area contributed by atoms with Crippen molar-refractivity contribution in [2.45, 2.75) is 11.4 Å². The smallest absolute Gasteiger partial charge is 0.226 e. The minimum absolute atomic E-state index is 0.0907. The summed E-state index contributed by atoms with van der Waals surface area (Å²) in [6, 6.07) is 9.53. The van der Waals surface area contributed by atoms with Gasteiger partial charge in [-0.3, -0.25) is 4.79 Å². The normalized spacial score (nSPS) is 14.5. The highest BCUT2D eigenvalue weighted by atomic mass is 35.5. The van der Waals surface area contributed by atoms with Crippen molar-refractivity contribution >= 4 is 46.5 Å². The number of thioether (sulfide) groups is 1. The van der Waals surface area contributed by atoms with Crippen molar-refractivity contribution in [2.24, 2.45) is 5.73 Å². The number of nitrogens with two attached hydrogens (primary N) is 1. The first kappa shape index (κ1) is 27.2. The zero-order valence-electron chi connectivity index (χ0n) is 20.6. The van der Waals surface area contributed by atoms with Crippen molar-refractivity contribution in [1.29, 1.82) is 0 Å². The molecule has 3 heterocycles. The summed E-state index contributed by atoms with van der Waals surface area (Å²) in [7, 11) is 2.11. The number of carbonyl (C=O) groups is 1. The highest BCUT2D eigenvalue weighted by Crippen LogP contribution is 2.32. The molecule has 1 aliphatic heterocycles. The van der Waals surface area contributed by atoms with E-state index in [1.165, 1.54) is 30.0 Å². The average Bonchev–Trinajstić information content (AvgIpc) is 2.89. The van der Waals surface area contributed by atoms with Crippen molar-refractivity contribution in [3.8, 4) is 11.3 Å². The second-order valence-electron chi connectivity index (χ2n) is 8.71. The van der Waals surface area contributed by atoms with Gasteiger partial charge in [0.05, 0.1) is 11.4 Å². The molecule has 9 nitrogen and oxygen atoms in total. The van der Waals surface area contributed by atoms with E-state index in [1.54, 1.807) is 24.4 Å². The summed E-state index contributed by atoms with van der Waals surface area (Å²) in [4.78, 5) is 21.4. The van der Waals surface area contributed by atoms with Crippen LogP contribution >= 0.6 is 23.4 Å². The van der Waals surface area contributed by atoms with Crippen LogP contribution in [0.5, 0.6) is 0 Å². The Labute approximate surface area is 225 Å². The number of likely N-dealkylation sites (N-methyl/N-ethyl adjacent to an activating group) is 1. The Bertz CT molecular complexity index is 1230. The van der Waals surface area contributed by atoms with E-state index < -0.39 is 5.82 Å². The van der Waals surface area contributed by atoms with Gasteiger partial charge in [0.25, 0.3) is 0 Å². The molecule has 196 valence electrons. The van der Waals surface area contributed by atoms with Gasteiger partial charge in [0.15, 0.2) is 0 Å². The molecule has 0 aliphatic carbocycles. The van der Waals surface area contributed by atoms with Crippen LogP contribution in [0.4, 0.5) is 21.6 Å². The van der Waals surface area contributed by atoms with Crippen LogP contribution in [-0.4, -0.2) is 83.0 Å². The molecule has 0 spiro atoms. The van der Waals surface area contributed by atoms with Crippen LogP contribution in [0.2, 0.25) is 5.02 Å². The Morgan fingerprint density at radius 1 is 1.16 bits per heavy atom. The Morgan fingerprint density at radius 3 is 2.76 bits per heavy atom. The summed E-state index contributed by atoms with van der Waals surface area (Å²) >= 11 is 7.51. The number of aromatic nitrogens is 3. The summed E-state index contributed by atoms with van der Waals surface area (Å²) in [6.45, 7) is 5.14. The number of nitrogens with one attached hydrogen (secondary N) is 2. The molecule has 2 aromatic heterocycles. The maximum atomic E-state index is 14.5. The van der Waals surface area contributed by atoms with Crippen molar-refractivity contribution < 1.29 is 9.18 Å². The van der Waals surface area contributed by atoms with E-state index in [2.05, 4.69) is 42.7 Å². The van der Waals surface area contributed by atoms with Crippen molar-refractivity contribution in [3.63, 3.8) is 0 Å². The highest BCUT2D eigenvalue weighted by Gasteiger charge is 2.16. The van der Waals surface area contributed by atoms with Gasteiger partial charge in [-0.15, -0.1) is 22.0 Å². The number of piperazine rings is 1. The SMILES string of the molecule is CN1CCN(CCC(=O)Nc2cc(Nc3cc(-c4cc(Cl)ccc4F)nnc3SCCN)ccn2)CC1. The fourth-order valence-electron chi connectivity index (χ4n) is 3.83. The minimum Gasteiger partial charge on any atom is -0.353 e. The molecule has 1 aromatic carbocycles. The topological polar surface area (TPSA) is 112 Å². The fraction of sp³-hybridized carbons (Fsp3) is 0.360. The minimum atomic E-state index is -0.447. The van der Waals surface area contributed by atoms with E-state index in [1.807, 2.05) is 0 Å². The summed E-state index contributed by atoms with van der Waals surface area (Å²) in [5.74, 6) is 0.538. The van der Waals surface area contributed by atoms with E-state index in [0.717, 1.165) is 26.2 Å². The van der Waals surface area contributed by atoms with E-state index in [0.29, 0.717) is 58.2 Å².